The third-order valence-corrected chi connectivity index (χ3v) is 6.79. The summed E-state index contributed by atoms with van der Waals surface area (Å²) in [5.74, 6) is -2.25. The molecule has 1 fully saturated rings. The molecule has 2 N–H and O–H groups in total. The summed E-state index contributed by atoms with van der Waals surface area (Å²) in [7, 11) is 0. The number of rotatable bonds is 4. The Morgan fingerprint density at radius 3 is 2.51 bits per heavy atom. The number of fused-ring (bicyclic) bond motifs is 1. The second-order valence-electron chi connectivity index (χ2n) is 8.03. The summed E-state index contributed by atoms with van der Waals surface area (Å²) in [6.45, 7) is 4.06. The number of anilines is 1. The molecule has 0 aliphatic carbocycles. The van der Waals surface area contributed by atoms with Gasteiger partial charge in [-0.3, -0.25) is 14.9 Å². The van der Waals surface area contributed by atoms with Gasteiger partial charge in [0.1, 0.15) is 11.4 Å². The monoisotopic (exact) mass is 560 g/mol. The van der Waals surface area contributed by atoms with E-state index in [0.717, 1.165) is 10.5 Å². The number of thiocarbonyl (C=S) groups is 1. The maximum Gasteiger partial charge on any atom is 0.341 e. The van der Waals surface area contributed by atoms with Crippen LogP contribution in [0.4, 0.5) is 10.1 Å². The fraction of sp³-hybridized carbons (Fsp3) is 0.250. The predicted molar refractivity (Wildman–Crippen MR) is 139 cm³/mol. The van der Waals surface area contributed by atoms with Gasteiger partial charge in [0.25, 0.3) is 5.91 Å². The molecule has 35 heavy (non-hydrogen) atoms. The number of carboxylic acids is 1. The van der Waals surface area contributed by atoms with Gasteiger partial charge in [0.15, 0.2) is 5.11 Å². The highest BCUT2D eigenvalue weighted by Crippen LogP contribution is 2.26. The zero-order valence-electron chi connectivity index (χ0n) is 18.8. The maximum absolute atomic E-state index is 15.1. The van der Waals surface area contributed by atoms with Crippen LogP contribution in [0.5, 0.6) is 0 Å². The van der Waals surface area contributed by atoms with E-state index >= 15 is 4.39 Å². The first-order valence-corrected chi connectivity index (χ1v) is 12.1. The highest BCUT2D eigenvalue weighted by Gasteiger charge is 2.24. The quantitative estimate of drug-likeness (QED) is 0.472. The zero-order valence-corrected chi connectivity index (χ0v) is 21.2. The van der Waals surface area contributed by atoms with Crippen molar-refractivity contribution in [2.45, 2.75) is 13.5 Å². The number of nitrogens with one attached hydrogen (secondary N) is 1. The highest BCUT2D eigenvalue weighted by atomic mass is 79.9. The maximum atomic E-state index is 15.1. The van der Waals surface area contributed by atoms with Gasteiger partial charge in [0.05, 0.1) is 11.2 Å². The first-order valence-electron chi connectivity index (χ1n) is 10.9. The third-order valence-electron chi connectivity index (χ3n) is 5.93. The van der Waals surface area contributed by atoms with Crippen molar-refractivity contribution < 1.29 is 19.1 Å². The van der Waals surface area contributed by atoms with Crippen molar-refractivity contribution >= 4 is 61.7 Å². The lowest BCUT2D eigenvalue weighted by atomic mass is 10.1. The van der Waals surface area contributed by atoms with Crippen LogP contribution >= 0.6 is 28.1 Å². The van der Waals surface area contributed by atoms with Crippen molar-refractivity contribution in [1.29, 1.82) is 0 Å². The molecule has 0 saturated carbocycles. The van der Waals surface area contributed by atoms with Gasteiger partial charge in [-0.2, -0.15) is 0 Å². The Balaban J connectivity index is 1.51. The molecular formula is C24H22BrFN4O4S. The number of carboxylic acid groups (broad SMARTS) is 1. The molecule has 3 aromatic rings. The molecule has 0 bridgehead atoms. The second kappa shape index (κ2) is 10.1. The van der Waals surface area contributed by atoms with E-state index in [9.17, 15) is 19.5 Å². The molecule has 1 aliphatic rings. The van der Waals surface area contributed by atoms with Crippen molar-refractivity contribution in [1.82, 2.24) is 14.8 Å². The van der Waals surface area contributed by atoms with E-state index in [1.54, 1.807) is 28.8 Å². The van der Waals surface area contributed by atoms with Crippen molar-refractivity contribution in [3.05, 3.63) is 74.2 Å². The molecule has 1 saturated heterocycles. The first kappa shape index (κ1) is 24.8. The van der Waals surface area contributed by atoms with E-state index in [4.69, 9.17) is 12.2 Å². The van der Waals surface area contributed by atoms with Crippen LogP contribution in [0.2, 0.25) is 0 Å². The van der Waals surface area contributed by atoms with Crippen LogP contribution in [0.25, 0.3) is 10.9 Å². The molecule has 182 valence electrons. The molecule has 0 spiro atoms. The molecule has 11 heteroatoms. The molecule has 8 nitrogen and oxygen atoms in total. The van der Waals surface area contributed by atoms with Gasteiger partial charge in [-0.05, 0) is 49.5 Å². The minimum atomic E-state index is -1.34. The standard InChI is InChI=1S/C24H22BrFN4O4S/c1-2-28-13-17(23(33)34)21(31)16-11-18(26)20(12-19(16)28)29-6-8-30(9-7-29)24(35)27-22(32)14-4-3-5-15(25)10-14/h3-5,10-13H,2,6-9H2,1H3,(H,33,34)(H,27,32,35). The molecule has 1 amide bonds. The van der Waals surface area contributed by atoms with Gasteiger partial charge in [-0.15, -0.1) is 0 Å². The molecule has 0 atom stereocenters. The van der Waals surface area contributed by atoms with Gasteiger partial charge in [-0.25, -0.2) is 9.18 Å². The third kappa shape index (κ3) is 5.06. The normalized spacial score (nSPS) is 13.7. The van der Waals surface area contributed by atoms with Gasteiger partial charge in [-0.1, -0.05) is 22.0 Å². The van der Waals surface area contributed by atoms with Gasteiger partial charge < -0.3 is 19.5 Å². The van der Waals surface area contributed by atoms with Crippen molar-refractivity contribution in [3.63, 3.8) is 0 Å². The second-order valence-corrected chi connectivity index (χ2v) is 9.33. The lowest BCUT2D eigenvalue weighted by Gasteiger charge is -2.37. The minimum Gasteiger partial charge on any atom is -0.477 e. The average molecular weight is 561 g/mol. The Bertz CT molecular complexity index is 1400. The summed E-state index contributed by atoms with van der Waals surface area (Å²) in [6, 6.07) is 9.68. The van der Waals surface area contributed by atoms with Gasteiger partial charge in [0.2, 0.25) is 5.43 Å². The Morgan fingerprint density at radius 2 is 1.89 bits per heavy atom. The summed E-state index contributed by atoms with van der Waals surface area (Å²) in [5, 5.41) is 12.4. The Morgan fingerprint density at radius 1 is 1.17 bits per heavy atom. The number of pyridine rings is 1. The Kier molecular flexibility index (Phi) is 7.18. The molecule has 4 rings (SSSR count). The number of carbonyl (C=O) groups is 2. The zero-order chi connectivity index (χ0) is 25.3. The Hall–Kier alpha value is -3.31. The number of aromatic nitrogens is 1. The molecule has 2 heterocycles. The number of hydrogen-bond acceptors (Lipinski definition) is 5. The number of aromatic carboxylic acids is 1. The molecule has 2 aromatic carbocycles. The molecule has 1 aromatic heterocycles. The fourth-order valence-electron chi connectivity index (χ4n) is 4.08. The molecule has 0 unspecified atom stereocenters. The summed E-state index contributed by atoms with van der Waals surface area (Å²) in [5.41, 5.74) is 0.174. The summed E-state index contributed by atoms with van der Waals surface area (Å²) >= 11 is 8.75. The number of piperazine rings is 1. The van der Waals surface area contributed by atoms with Crippen LogP contribution in [-0.4, -0.2) is 57.7 Å². The smallest absolute Gasteiger partial charge is 0.341 e. The number of benzene rings is 2. The minimum absolute atomic E-state index is 0.0306. The van der Waals surface area contributed by atoms with Gasteiger partial charge in [0, 0.05) is 54.3 Å². The number of hydrogen-bond donors (Lipinski definition) is 2. The van der Waals surface area contributed by atoms with Crippen molar-refractivity contribution in [2.24, 2.45) is 0 Å². The van der Waals surface area contributed by atoms with E-state index in [0.29, 0.717) is 54.6 Å². The number of aryl methyl sites for hydroxylation is 1. The predicted octanol–water partition coefficient (Wildman–Crippen LogP) is 3.46. The average Bonchev–Trinajstić information content (AvgIpc) is 2.84. The van der Waals surface area contributed by atoms with E-state index in [2.05, 4.69) is 21.2 Å². The topological polar surface area (TPSA) is 94.9 Å². The van der Waals surface area contributed by atoms with E-state index < -0.39 is 22.8 Å². The van der Waals surface area contributed by atoms with Crippen molar-refractivity contribution in [3.8, 4) is 0 Å². The van der Waals surface area contributed by atoms with E-state index in [-0.39, 0.29) is 11.3 Å². The van der Waals surface area contributed by atoms with Crippen LogP contribution in [0.15, 0.2) is 51.9 Å². The number of nitrogens with zero attached hydrogens (tertiary/aromatic N) is 3. The fourth-order valence-corrected chi connectivity index (χ4v) is 4.76. The largest absolute Gasteiger partial charge is 0.477 e. The highest BCUT2D eigenvalue weighted by molar-refractivity contribution is 9.10. The molecular weight excluding hydrogens is 539 g/mol. The van der Waals surface area contributed by atoms with E-state index in [1.807, 2.05) is 22.8 Å². The van der Waals surface area contributed by atoms with Crippen LogP contribution in [0.3, 0.4) is 0 Å². The van der Waals surface area contributed by atoms with Crippen LogP contribution in [-0.2, 0) is 6.54 Å². The number of halogens is 2. The lowest BCUT2D eigenvalue weighted by Crippen LogP contribution is -2.52. The first-order chi connectivity index (χ1) is 16.7. The Labute approximate surface area is 214 Å². The summed E-state index contributed by atoms with van der Waals surface area (Å²) < 4.78 is 17.5. The molecule has 1 aliphatic heterocycles. The molecule has 0 radical (unpaired) electrons. The SMILES string of the molecule is CCn1cc(C(=O)O)c(=O)c2cc(F)c(N3CCN(C(=S)NC(=O)c4cccc(Br)c4)CC3)cc21. The summed E-state index contributed by atoms with van der Waals surface area (Å²) in [4.78, 5) is 40.2. The van der Waals surface area contributed by atoms with Crippen molar-refractivity contribution in [2.75, 3.05) is 31.1 Å². The summed E-state index contributed by atoms with van der Waals surface area (Å²) in [6.07, 6.45) is 1.29. The van der Waals surface area contributed by atoms with Crippen LogP contribution in [0.1, 0.15) is 27.6 Å². The van der Waals surface area contributed by atoms with E-state index in [1.165, 1.54) is 6.20 Å². The van der Waals surface area contributed by atoms with Crippen LogP contribution in [0, 0.1) is 5.82 Å². The van der Waals surface area contributed by atoms with Crippen LogP contribution < -0.4 is 15.6 Å². The lowest BCUT2D eigenvalue weighted by molar-refractivity contribution is 0.0694. The number of amides is 1. The van der Waals surface area contributed by atoms with Gasteiger partial charge >= 0.3 is 5.97 Å². The number of carbonyl (C=O) groups excluding carboxylic acids is 1.